The molecule has 0 saturated carbocycles. The maximum atomic E-state index is 14.3. The molecule has 1 unspecified atom stereocenters. The Labute approximate surface area is 303 Å². The molecule has 1 aromatic rings. The van der Waals surface area contributed by atoms with Gasteiger partial charge >= 0.3 is 6.03 Å². The van der Waals surface area contributed by atoms with Crippen LogP contribution in [0.15, 0.2) is 30.3 Å². The molecule has 12 nitrogen and oxygen atoms in total. The van der Waals surface area contributed by atoms with Crippen molar-refractivity contribution in [1.82, 2.24) is 30.5 Å². The van der Waals surface area contributed by atoms with Gasteiger partial charge in [0.15, 0.2) is 0 Å². The van der Waals surface area contributed by atoms with Crippen LogP contribution in [0.2, 0.25) is 0 Å². The summed E-state index contributed by atoms with van der Waals surface area (Å²) in [5, 5.41) is 10.8. The summed E-state index contributed by atoms with van der Waals surface area (Å²) in [4.78, 5) is 56.4. The number of rotatable bonds is 15. The lowest BCUT2D eigenvalue weighted by Gasteiger charge is -2.38. The van der Waals surface area contributed by atoms with Crippen LogP contribution in [0, 0.1) is 22.7 Å². The molecule has 2 rings (SSSR count). The van der Waals surface area contributed by atoms with E-state index in [0.717, 1.165) is 16.1 Å². The quantitative estimate of drug-likeness (QED) is 0.213. The highest BCUT2D eigenvalue weighted by atomic mass is 32.2. The Morgan fingerprint density at radius 1 is 0.941 bits per heavy atom. The fraction of sp³-hybridized carbons (Fsp3) is 0.722. The van der Waals surface area contributed by atoms with Crippen LogP contribution in [0.3, 0.4) is 0 Å². The molecule has 4 N–H and O–H groups in total. The molecule has 0 bridgehead atoms. The second kappa shape index (κ2) is 17.9. The zero-order valence-electron chi connectivity index (χ0n) is 32.0. The number of likely N-dealkylation sites (N-methyl/N-ethyl adjacent to an activating group) is 1. The van der Waals surface area contributed by atoms with Crippen LogP contribution in [-0.4, -0.2) is 105 Å². The average molecular weight is 743 g/mol. The number of nitrogens with one attached hydrogen (secondary N) is 4. The smallest absolute Gasteiger partial charge is 0.315 e. The van der Waals surface area contributed by atoms with E-state index in [-0.39, 0.29) is 37.4 Å². The SMILES string of the molecule is CC(CNC(=O)[C@H](CC(F)F)NC(=O)[C@@H]1[C@@H](C(C)C)CCN1C(=O)[C@@H](NC(=O)N[C@H](CN(C)S(C)(=O)=O)C(C)(C)C)C(C)(C)C)c1ccccc1. The summed E-state index contributed by atoms with van der Waals surface area (Å²) in [6, 6.07) is 4.35. The van der Waals surface area contributed by atoms with Gasteiger partial charge in [-0.05, 0) is 40.6 Å². The molecule has 1 aromatic carbocycles. The highest BCUT2D eigenvalue weighted by molar-refractivity contribution is 7.88. The number of likely N-dealkylation sites (tertiary alicyclic amines) is 1. The number of sulfonamides is 1. The first kappa shape index (κ1) is 43.8. The van der Waals surface area contributed by atoms with E-state index in [1.807, 2.05) is 71.9 Å². The van der Waals surface area contributed by atoms with E-state index in [0.29, 0.717) is 6.42 Å². The number of nitrogens with zero attached hydrogens (tertiary/aromatic N) is 2. The second-order valence-corrected chi connectivity index (χ2v) is 18.4. The van der Waals surface area contributed by atoms with Gasteiger partial charge in [0.25, 0.3) is 0 Å². The molecule has 1 aliphatic rings. The maximum absolute atomic E-state index is 14.3. The molecule has 290 valence electrons. The first-order valence-corrected chi connectivity index (χ1v) is 19.4. The molecule has 1 heterocycles. The van der Waals surface area contributed by atoms with Crippen LogP contribution < -0.4 is 21.3 Å². The Bertz CT molecular complexity index is 1450. The summed E-state index contributed by atoms with van der Waals surface area (Å²) < 4.78 is 52.8. The Morgan fingerprint density at radius 2 is 1.53 bits per heavy atom. The summed E-state index contributed by atoms with van der Waals surface area (Å²) in [6.45, 7) is 16.9. The first-order valence-electron chi connectivity index (χ1n) is 17.5. The topological polar surface area (TPSA) is 157 Å². The minimum atomic E-state index is -3.54. The van der Waals surface area contributed by atoms with Crippen LogP contribution in [0.1, 0.15) is 86.6 Å². The maximum Gasteiger partial charge on any atom is 0.315 e. The number of hydrogen-bond donors (Lipinski definition) is 4. The second-order valence-electron chi connectivity index (χ2n) is 16.3. The van der Waals surface area contributed by atoms with Crippen LogP contribution in [0.25, 0.3) is 0 Å². The van der Waals surface area contributed by atoms with Gasteiger partial charge in [-0.1, -0.05) is 92.6 Å². The molecule has 15 heteroatoms. The molecule has 0 aromatic heterocycles. The van der Waals surface area contributed by atoms with Gasteiger partial charge in [-0.2, -0.15) is 0 Å². The Hall–Kier alpha value is -3.33. The van der Waals surface area contributed by atoms with Gasteiger partial charge in [0.2, 0.25) is 34.2 Å². The van der Waals surface area contributed by atoms with Crippen molar-refractivity contribution in [3.63, 3.8) is 0 Å². The highest BCUT2D eigenvalue weighted by Gasteiger charge is 2.48. The van der Waals surface area contributed by atoms with Crippen molar-refractivity contribution >= 4 is 33.8 Å². The molecular weight excluding hydrogens is 682 g/mol. The molecule has 0 aliphatic carbocycles. The normalized spacial score (nSPS) is 19.4. The predicted octanol–water partition coefficient (Wildman–Crippen LogP) is 3.94. The molecule has 0 radical (unpaired) electrons. The predicted molar refractivity (Wildman–Crippen MR) is 194 cm³/mol. The number of carbonyl (C=O) groups excluding carboxylic acids is 4. The fourth-order valence-electron chi connectivity index (χ4n) is 6.11. The lowest BCUT2D eigenvalue weighted by Crippen LogP contribution is -2.62. The first-order chi connectivity index (χ1) is 23.3. The summed E-state index contributed by atoms with van der Waals surface area (Å²) in [5.74, 6) is -2.52. The zero-order valence-corrected chi connectivity index (χ0v) is 32.9. The molecule has 1 saturated heterocycles. The Balaban J connectivity index is 2.32. The van der Waals surface area contributed by atoms with Crippen LogP contribution in [0.5, 0.6) is 0 Å². The molecule has 1 aliphatic heterocycles. The number of alkyl halides is 2. The number of hydrogen-bond acceptors (Lipinski definition) is 6. The van der Waals surface area contributed by atoms with Gasteiger partial charge in [0.05, 0.1) is 6.26 Å². The van der Waals surface area contributed by atoms with Crippen LogP contribution in [-0.2, 0) is 24.4 Å². The lowest BCUT2D eigenvalue weighted by atomic mass is 9.84. The van der Waals surface area contributed by atoms with Crippen molar-refractivity contribution in [2.45, 2.75) is 112 Å². The summed E-state index contributed by atoms with van der Waals surface area (Å²) in [5.41, 5.74) is -0.432. The molecule has 0 spiro atoms. The van der Waals surface area contributed by atoms with E-state index in [4.69, 9.17) is 0 Å². The van der Waals surface area contributed by atoms with E-state index >= 15 is 0 Å². The highest BCUT2D eigenvalue weighted by Crippen LogP contribution is 2.33. The van der Waals surface area contributed by atoms with Crippen LogP contribution in [0.4, 0.5) is 13.6 Å². The lowest BCUT2D eigenvalue weighted by molar-refractivity contribution is -0.144. The fourth-order valence-corrected chi connectivity index (χ4v) is 6.53. The molecule has 6 atom stereocenters. The number of benzene rings is 1. The van der Waals surface area contributed by atoms with Crippen molar-refractivity contribution in [2.24, 2.45) is 22.7 Å². The van der Waals surface area contributed by atoms with Gasteiger partial charge in [0, 0.05) is 39.1 Å². The van der Waals surface area contributed by atoms with E-state index < -0.39 is 81.6 Å². The molecular formula is C36H60F2N6O6S. The molecule has 1 fully saturated rings. The van der Waals surface area contributed by atoms with Gasteiger partial charge in [-0.3, -0.25) is 14.4 Å². The minimum absolute atomic E-state index is 0.00709. The van der Waals surface area contributed by atoms with Gasteiger partial charge in [0.1, 0.15) is 18.1 Å². The molecule has 51 heavy (non-hydrogen) atoms. The van der Waals surface area contributed by atoms with Crippen molar-refractivity contribution in [3.05, 3.63) is 35.9 Å². The number of halogens is 2. The standard InChI is InChI=1S/C36H60F2N6O6S/c1-22(2)25-17-18-44(29(25)32(46)40-26(19-28(37)38)31(45)39-20-23(3)24-15-13-12-14-16-24)33(47)30(36(7,8)9)42-34(48)41-27(35(4,5)6)21-43(10)51(11,49)50/h12-16,22-23,25-30H,17-21H2,1-11H3,(H,39,45)(H,40,46)(H2,41,42,48)/t23?,25-,26+,27-,29+,30-/m1/s1. The van der Waals surface area contributed by atoms with Gasteiger partial charge in [-0.15, -0.1) is 0 Å². The number of amides is 5. The van der Waals surface area contributed by atoms with E-state index in [2.05, 4.69) is 21.3 Å². The zero-order chi connectivity index (χ0) is 39.1. The molecule has 5 amide bonds. The summed E-state index contributed by atoms with van der Waals surface area (Å²) >= 11 is 0. The average Bonchev–Trinajstić information content (AvgIpc) is 3.46. The van der Waals surface area contributed by atoms with Crippen molar-refractivity contribution in [2.75, 3.05) is 32.9 Å². The van der Waals surface area contributed by atoms with Crippen LogP contribution >= 0.6 is 0 Å². The Morgan fingerprint density at radius 3 is 2.02 bits per heavy atom. The minimum Gasteiger partial charge on any atom is -0.354 e. The van der Waals surface area contributed by atoms with E-state index in [1.165, 1.54) is 11.9 Å². The van der Waals surface area contributed by atoms with Crippen molar-refractivity contribution < 1.29 is 36.4 Å². The Kier molecular flexibility index (Phi) is 15.4. The van der Waals surface area contributed by atoms with E-state index in [9.17, 15) is 36.4 Å². The van der Waals surface area contributed by atoms with Gasteiger partial charge < -0.3 is 26.2 Å². The summed E-state index contributed by atoms with van der Waals surface area (Å²) in [6.07, 6.45) is -2.26. The van der Waals surface area contributed by atoms with Crippen molar-refractivity contribution in [1.29, 1.82) is 0 Å². The largest absolute Gasteiger partial charge is 0.354 e. The number of carbonyl (C=O) groups is 4. The van der Waals surface area contributed by atoms with E-state index in [1.54, 1.807) is 20.8 Å². The third-order valence-electron chi connectivity index (χ3n) is 9.60. The van der Waals surface area contributed by atoms with Gasteiger partial charge in [-0.25, -0.2) is 26.3 Å². The monoisotopic (exact) mass is 742 g/mol. The third kappa shape index (κ3) is 13.0. The van der Waals surface area contributed by atoms with Crippen molar-refractivity contribution in [3.8, 4) is 0 Å². The third-order valence-corrected chi connectivity index (χ3v) is 10.9. The summed E-state index contributed by atoms with van der Waals surface area (Å²) in [7, 11) is -2.12. The number of urea groups is 1.